The van der Waals surface area contributed by atoms with Crippen LogP contribution in [0.5, 0.6) is 0 Å². The van der Waals surface area contributed by atoms with Gasteiger partial charge in [0.25, 0.3) is 5.91 Å². The molecule has 2 saturated heterocycles. The number of rotatable bonds is 9. The Kier molecular flexibility index (Phi) is 7.93. The van der Waals surface area contributed by atoms with Crippen molar-refractivity contribution in [1.29, 1.82) is 0 Å². The molecule has 41 heavy (non-hydrogen) atoms. The molecular formula is C27H38F3N5O6. The van der Waals surface area contributed by atoms with Crippen molar-refractivity contribution < 1.29 is 41.9 Å². The first-order valence-corrected chi connectivity index (χ1v) is 13.9. The minimum atomic E-state index is -5.21. The monoisotopic (exact) mass is 585 g/mol. The maximum absolute atomic E-state index is 13.8. The maximum atomic E-state index is 13.8. The second-order valence-electron chi connectivity index (χ2n) is 13.3. The van der Waals surface area contributed by atoms with E-state index in [1.54, 1.807) is 5.32 Å². The molecule has 0 aromatic carbocycles. The van der Waals surface area contributed by atoms with Gasteiger partial charge in [0.2, 0.25) is 23.5 Å². The molecule has 0 bridgehead atoms. The maximum Gasteiger partial charge on any atom is 0.471 e. The number of likely N-dealkylation sites (tertiary alicyclic amines) is 1. The molecule has 2 aliphatic carbocycles. The summed E-state index contributed by atoms with van der Waals surface area (Å²) < 4.78 is 39.2. The van der Waals surface area contributed by atoms with E-state index in [-0.39, 0.29) is 42.2 Å². The van der Waals surface area contributed by atoms with Gasteiger partial charge in [0, 0.05) is 25.0 Å². The molecule has 4 fully saturated rings. The molecule has 2 heterocycles. The van der Waals surface area contributed by atoms with Crippen molar-refractivity contribution in [3.63, 3.8) is 0 Å². The number of nitrogens with one attached hydrogen (secondary N) is 4. The zero-order valence-corrected chi connectivity index (χ0v) is 23.8. The van der Waals surface area contributed by atoms with Crippen LogP contribution >= 0.6 is 0 Å². The SMILES string of the molecule is CC(C)(C)[C@H](NC(=O)C(F)(F)F)C(=O)N1C[C@H]2[C@@H]([C@H]1C(=O)NC(C[C@@H]1CCNC1=O)C(=O)C(=O)NC1CC1)C2(C)C. The van der Waals surface area contributed by atoms with Crippen LogP contribution in [0.15, 0.2) is 0 Å². The third-order valence-corrected chi connectivity index (χ3v) is 8.86. The van der Waals surface area contributed by atoms with E-state index in [4.69, 9.17) is 0 Å². The van der Waals surface area contributed by atoms with Gasteiger partial charge in [0.05, 0.1) is 6.04 Å². The summed E-state index contributed by atoms with van der Waals surface area (Å²) in [7, 11) is 0. The molecule has 2 aliphatic heterocycles. The van der Waals surface area contributed by atoms with Crippen LogP contribution in [0, 0.1) is 28.6 Å². The Balaban J connectivity index is 1.58. The van der Waals surface area contributed by atoms with Gasteiger partial charge >= 0.3 is 12.1 Å². The molecule has 0 spiro atoms. The lowest BCUT2D eigenvalue weighted by Crippen LogP contribution is -2.61. The third kappa shape index (κ3) is 6.35. The normalized spacial score (nSPS) is 28.2. The summed E-state index contributed by atoms with van der Waals surface area (Å²) in [5.74, 6) is -7.00. The molecule has 11 nitrogen and oxygen atoms in total. The molecule has 5 amide bonds. The fraction of sp³-hybridized carbons (Fsp3) is 0.778. The van der Waals surface area contributed by atoms with Gasteiger partial charge in [0.1, 0.15) is 12.1 Å². The first-order valence-electron chi connectivity index (χ1n) is 13.9. The van der Waals surface area contributed by atoms with Crippen molar-refractivity contribution in [2.75, 3.05) is 13.1 Å². The van der Waals surface area contributed by atoms with Gasteiger partial charge in [-0.2, -0.15) is 13.2 Å². The summed E-state index contributed by atoms with van der Waals surface area (Å²) in [6, 6.07) is -4.18. The fourth-order valence-corrected chi connectivity index (χ4v) is 6.13. The average molecular weight is 586 g/mol. The van der Waals surface area contributed by atoms with E-state index in [1.165, 1.54) is 25.7 Å². The summed E-state index contributed by atoms with van der Waals surface area (Å²) in [5, 5.41) is 9.67. The van der Waals surface area contributed by atoms with Gasteiger partial charge in [-0.25, -0.2) is 0 Å². The Bertz CT molecular complexity index is 1150. The van der Waals surface area contributed by atoms with Crippen LogP contribution in [0.1, 0.15) is 60.3 Å². The highest BCUT2D eigenvalue weighted by Crippen LogP contribution is 2.65. The predicted octanol–water partition coefficient (Wildman–Crippen LogP) is 0.421. The minimum Gasteiger partial charge on any atom is -0.356 e. The third-order valence-electron chi connectivity index (χ3n) is 8.86. The Morgan fingerprint density at radius 1 is 1.05 bits per heavy atom. The summed E-state index contributed by atoms with van der Waals surface area (Å²) >= 11 is 0. The molecule has 0 radical (unpaired) electrons. The number of Topliss-reactive ketones (excluding diaryl/α,β-unsaturated/α-hetero) is 1. The molecule has 4 rings (SSSR count). The molecule has 2 saturated carbocycles. The first kappa shape index (κ1) is 30.8. The second-order valence-corrected chi connectivity index (χ2v) is 13.3. The summed E-state index contributed by atoms with van der Waals surface area (Å²) in [5.41, 5.74) is -1.49. The standard InChI is InChI=1S/C27H38F3N5O6/c1-25(2,3)19(34-24(41)27(28,29)30)23(40)35-11-14-16(26(14,4)5)17(35)21(38)33-15(10-12-8-9-31-20(12)37)18(36)22(39)32-13-6-7-13/h12-17,19H,6-11H2,1-5H3,(H,31,37)(H,32,39)(H,33,38)(H,34,41)/t12-,14-,15?,16-,17-,19+/m0/s1. The number of amides is 5. The van der Waals surface area contributed by atoms with Gasteiger partial charge in [-0.15, -0.1) is 0 Å². The smallest absolute Gasteiger partial charge is 0.356 e. The fourth-order valence-electron chi connectivity index (χ4n) is 6.13. The van der Waals surface area contributed by atoms with Gasteiger partial charge < -0.3 is 26.2 Å². The lowest BCUT2D eigenvalue weighted by Gasteiger charge is -2.38. The topological polar surface area (TPSA) is 154 Å². The van der Waals surface area contributed by atoms with Crippen molar-refractivity contribution in [3.05, 3.63) is 0 Å². The first-order chi connectivity index (χ1) is 18.8. The Morgan fingerprint density at radius 3 is 2.20 bits per heavy atom. The molecular weight excluding hydrogens is 547 g/mol. The quantitative estimate of drug-likeness (QED) is 0.288. The Morgan fingerprint density at radius 2 is 1.68 bits per heavy atom. The van der Waals surface area contributed by atoms with Crippen LogP contribution in [0.3, 0.4) is 0 Å². The number of alkyl halides is 3. The number of carbonyl (C=O) groups excluding carboxylic acids is 6. The highest BCUT2D eigenvalue weighted by molar-refractivity contribution is 6.38. The van der Waals surface area contributed by atoms with E-state index < -0.39 is 65.0 Å². The van der Waals surface area contributed by atoms with Crippen LogP contribution in [-0.2, 0) is 28.8 Å². The van der Waals surface area contributed by atoms with E-state index in [1.807, 2.05) is 13.8 Å². The van der Waals surface area contributed by atoms with Crippen LogP contribution in [0.2, 0.25) is 0 Å². The number of piperidine rings is 1. The predicted molar refractivity (Wildman–Crippen MR) is 138 cm³/mol. The molecule has 6 atom stereocenters. The minimum absolute atomic E-state index is 0.0782. The van der Waals surface area contributed by atoms with E-state index in [0.717, 1.165) is 12.8 Å². The molecule has 0 aromatic rings. The zero-order valence-electron chi connectivity index (χ0n) is 23.8. The summed E-state index contributed by atoms with van der Waals surface area (Å²) in [6.07, 6.45) is -3.44. The molecule has 4 aliphatic rings. The van der Waals surface area contributed by atoms with E-state index >= 15 is 0 Å². The average Bonchev–Trinajstić information content (AvgIpc) is 3.62. The van der Waals surface area contributed by atoms with Gasteiger partial charge in [-0.05, 0) is 48.3 Å². The van der Waals surface area contributed by atoms with Gasteiger partial charge in [-0.1, -0.05) is 34.6 Å². The molecule has 14 heteroatoms. The van der Waals surface area contributed by atoms with Crippen LogP contribution in [0.4, 0.5) is 13.2 Å². The molecule has 4 N–H and O–H groups in total. The second kappa shape index (κ2) is 10.6. The lowest BCUT2D eigenvalue weighted by molar-refractivity contribution is -0.176. The van der Waals surface area contributed by atoms with E-state index in [0.29, 0.717) is 13.0 Å². The van der Waals surface area contributed by atoms with Crippen molar-refractivity contribution >= 4 is 35.3 Å². The van der Waals surface area contributed by atoms with Crippen LogP contribution < -0.4 is 21.3 Å². The van der Waals surface area contributed by atoms with Gasteiger partial charge in [0.15, 0.2) is 0 Å². The van der Waals surface area contributed by atoms with Crippen molar-refractivity contribution in [2.45, 2.75) is 90.6 Å². The van der Waals surface area contributed by atoms with Crippen LogP contribution in [-0.4, -0.2) is 83.7 Å². The molecule has 228 valence electrons. The molecule has 0 aromatic heterocycles. The summed E-state index contributed by atoms with van der Waals surface area (Å²) in [4.78, 5) is 78.5. The summed E-state index contributed by atoms with van der Waals surface area (Å²) in [6.45, 7) is 8.80. The van der Waals surface area contributed by atoms with Crippen molar-refractivity contribution in [2.24, 2.45) is 28.6 Å². The number of fused-ring (bicyclic) bond motifs is 1. The zero-order chi connectivity index (χ0) is 30.7. The highest BCUT2D eigenvalue weighted by Gasteiger charge is 2.70. The van der Waals surface area contributed by atoms with Gasteiger partial charge in [-0.3, -0.25) is 28.8 Å². The van der Waals surface area contributed by atoms with E-state index in [9.17, 15) is 41.9 Å². The number of hydrogen-bond acceptors (Lipinski definition) is 6. The Hall–Kier alpha value is -3.19. The largest absolute Gasteiger partial charge is 0.471 e. The number of ketones is 1. The Labute approximate surface area is 236 Å². The number of carbonyl (C=O) groups is 6. The number of nitrogens with zero attached hydrogens (tertiary/aromatic N) is 1. The number of halogens is 3. The number of hydrogen-bond donors (Lipinski definition) is 4. The molecule has 1 unspecified atom stereocenters. The van der Waals surface area contributed by atoms with Crippen molar-refractivity contribution in [1.82, 2.24) is 26.2 Å². The van der Waals surface area contributed by atoms with E-state index in [2.05, 4.69) is 16.0 Å². The highest BCUT2D eigenvalue weighted by atomic mass is 19.4. The lowest BCUT2D eigenvalue weighted by atomic mass is 9.85. The van der Waals surface area contributed by atoms with Crippen molar-refractivity contribution in [3.8, 4) is 0 Å². The van der Waals surface area contributed by atoms with Crippen LogP contribution in [0.25, 0.3) is 0 Å².